The van der Waals surface area contributed by atoms with Gasteiger partial charge in [0, 0.05) is 37.9 Å². The summed E-state index contributed by atoms with van der Waals surface area (Å²) in [6.45, 7) is 4.87. The van der Waals surface area contributed by atoms with Gasteiger partial charge in [0.1, 0.15) is 11.4 Å². The number of hydrogen-bond acceptors (Lipinski definition) is 5. The fourth-order valence-electron chi connectivity index (χ4n) is 3.82. The van der Waals surface area contributed by atoms with Crippen molar-refractivity contribution in [2.45, 2.75) is 19.8 Å². The van der Waals surface area contributed by atoms with Crippen LogP contribution >= 0.6 is 0 Å². The summed E-state index contributed by atoms with van der Waals surface area (Å²) in [5, 5.41) is 4.74. The molecule has 3 aromatic rings. The molecule has 6 nitrogen and oxygen atoms in total. The summed E-state index contributed by atoms with van der Waals surface area (Å²) < 4.78 is 6.90. The van der Waals surface area contributed by atoms with E-state index in [1.54, 1.807) is 7.11 Å². The van der Waals surface area contributed by atoms with Crippen LogP contribution in [0.3, 0.4) is 0 Å². The summed E-state index contributed by atoms with van der Waals surface area (Å²) in [5.74, 6) is 0.758. The normalized spacial score (nSPS) is 13.5. The lowest BCUT2D eigenvalue weighted by molar-refractivity contribution is 0.415. The Kier molecular flexibility index (Phi) is 5.74. The van der Waals surface area contributed by atoms with Crippen molar-refractivity contribution in [2.75, 3.05) is 43.6 Å². The molecule has 0 saturated carbocycles. The predicted molar refractivity (Wildman–Crippen MR) is 122 cm³/mol. The highest BCUT2D eigenvalue weighted by Crippen LogP contribution is 2.26. The maximum Gasteiger partial charge on any atom is 0.295 e. The molecule has 2 heterocycles. The molecular weight excluding hydrogens is 376 g/mol. The molecule has 0 amide bonds. The summed E-state index contributed by atoms with van der Waals surface area (Å²) in [4.78, 5) is 17.6. The standard InChI is InChI=1S/C24H28N4O2/c1-4-26(2)23-17-22(18-9-7-12-21(15-18)30-3)25-28(24(23)29)20-11-8-10-19(16-20)27-13-5-6-14-27/h7-12,15-17H,4-6,13-14H2,1-3H3. The van der Waals surface area contributed by atoms with Crippen molar-refractivity contribution in [3.8, 4) is 22.7 Å². The second kappa shape index (κ2) is 8.61. The summed E-state index contributed by atoms with van der Waals surface area (Å²) in [7, 11) is 3.57. The van der Waals surface area contributed by atoms with Gasteiger partial charge in [-0.3, -0.25) is 4.79 Å². The zero-order chi connectivity index (χ0) is 21.1. The summed E-state index contributed by atoms with van der Waals surface area (Å²) in [5.41, 5.74) is 4.05. The van der Waals surface area contributed by atoms with Crippen LogP contribution in [0.1, 0.15) is 19.8 Å². The quantitative estimate of drug-likeness (QED) is 0.622. The molecule has 0 atom stereocenters. The topological polar surface area (TPSA) is 50.6 Å². The Bertz CT molecular complexity index is 1090. The highest BCUT2D eigenvalue weighted by Gasteiger charge is 2.17. The van der Waals surface area contributed by atoms with Crippen molar-refractivity contribution in [3.63, 3.8) is 0 Å². The van der Waals surface area contributed by atoms with Crippen LogP contribution in [0.5, 0.6) is 5.75 Å². The molecule has 0 unspecified atom stereocenters. The Hall–Kier alpha value is -3.28. The van der Waals surface area contributed by atoms with Crippen molar-refractivity contribution in [1.29, 1.82) is 0 Å². The van der Waals surface area contributed by atoms with Crippen molar-refractivity contribution in [1.82, 2.24) is 9.78 Å². The number of ether oxygens (including phenoxy) is 1. The first-order chi connectivity index (χ1) is 14.6. The van der Waals surface area contributed by atoms with Gasteiger partial charge in [-0.2, -0.15) is 9.78 Å². The van der Waals surface area contributed by atoms with Gasteiger partial charge < -0.3 is 14.5 Å². The van der Waals surface area contributed by atoms with E-state index >= 15 is 0 Å². The second-order valence-electron chi connectivity index (χ2n) is 7.59. The van der Waals surface area contributed by atoms with Gasteiger partial charge in [0.25, 0.3) is 5.56 Å². The molecule has 1 aromatic heterocycles. The van der Waals surface area contributed by atoms with Crippen LogP contribution in [-0.2, 0) is 0 Å². The molecule has 156 valence electrons. The number of hydrogen-bond donors (Lipinski definition) is 0. The lowest BCUT2D eigenvalue weighted by Gasteiger charge is -2.20. The number of aromatic nitrogens is 2. The van der Waals surface area contributed by atoms with E-state index in [0.29, 0.717) is 5.69 Å². The Morgan fingerprint density at radius 2 is 1.77 bits per heavy atom. The van der Waals surface area contributed by atoms with Crippen molar-refractivity contribution in [3.05, 3.63) is 65.0 Å². The van der Waals surface area contributed by atoms with Crippen LogP contribution < -0.4 is 20.1 Å². The second-order valence-corrected chi connectivity index (χ2v) is 7.59. The third kappa shape index (κ3) is 3.90. The molecule has 0 aliphatic carbocycles. The number of methoxy groups -OCH3 is 1. The zero-order valence-electron chi connectivity index (χ0n) is 17.8. The molecule has 30 heavy (non-hydrogen) atoms. The lowest BCUT2D eigenvalue weighted by atomic mass is 10.1. The minimum absolute atomic E-state index is 0.121. The number of rotatable bonds is 6. The predicted octanol–water partition coefficient (Wildman–Crippen LogP) is 3.96. The van der Waals surface area contributed by atoms with Crippen LogP contribution in [0.2, 0.25) is 0 Å². The summed E-state index contributed by atoms with van der Waals surface area (Å²) >= 11 is 0. The zero-order valence-corrected chi connectivity index (χ0v) is 17.8. The van der Waals surface area contributed by atoms with Gasteiger partial charge in [0.2, 0.25) is 0 Å². The first-order valence-electron chi connectivity index (χ1n) is 10.5. The Labute approximate surface area is 177 Å². The molecule has 1 saturated heterocycles. The minimum Gasteiger partial charge on any atom is -0.497 e. The Balaban J connectivity index is 1.86. The first-order valence-corrected chi connectivity index (χ1v) is 10.5. The fraction of sp³-hybridized carbons (Fsp3) is 0.333. The lowest BCUT2D eigenvalue weighted by Crippen LogP contribution is -2.30. The number of nitrogens with zero attached hydrogens (tertiary/aromatic N) is 4. The van der Waals surface area contributed by atoms with Crippen molar-refractivity contribution in [2.24, 2.45) is 0 Å². The van der Waals surface area contributed by atoms with Gasteiger partial charge in [0.15, 0.2) is 0 Å². The molecule has 1 fully saturated rings. The molecule has 0 bridgehead atoms. The first kappa shape index (κ1) is 20.0. The molecule has 1 aliphatic heterocycles. The van der Waals surface area contributed by atoms with E-state index in [1.807, 2.05) is 61.3 Å². The minimum atomic E-state index is -0.121. The van der Waals surface area contributed by atoms with Crippen LogP contribution in [0.4, 0.5) is 11.4 Å². The van der Waals surface area contributed by atoms with Crippen LogP contribution in [0.25, 0.3) is 16.9 Å². The summed E-state index contributed by atoms with van der Waals surface area (Å²) in [6.07, 6.45) is 2.42. The number of anilines is 2. The maximum absolute atomic E-state index is 13.3. The van der Waals surface area contributed by atoms with Crippen LogP contribution in [-0.4, -0.2) is 43.6 Å². The Morgan fingerprint density at radius 3 is 2.50 bits per heavy atom. The van der Waals surface area contributed by atoms with E-state index in [4.69, 9.17) is 9.84 Å². The average Bonchev–Trinajstić information content (AvgIpc) is 3.34. The van der Waals surface area contributed by atoms with E-state index in [0.717, 1.165) is 48.0 Å². The monoisotopic (exact) mass is 404 g/mol. The molecule has 6 heteroatoms. The maximum atomic E-state index is 13.3. The largest absolute Gasteiger partial charge is 0.497 e. The van der Waals surface area contributed by atoms with Gasteiger partial charge in [-0.1, -0.05) is 18.2 Å². The SMILES string of the molecule is CCN(C)c1cc(-c2cccc(OC)c2)nn(-c2cccc(N3CCCC3)c2)c1=O. The molecule has 1 aliphatic rings. The molecule has 0 spiro atoms. The van der Waals surface area contributed by atoms with E-state index in [2.05, 4.69) is 17.0 Å². The van der Waals surface area contributed by atoms with Gasteiger partial charge in [-0.25, -0.2) is 0 Å². The molecule has 0 N–H and O–H groups in total. The summed E-state index contributed by atoms with van der Waals surface area (Å²) in [6, 6.07) is 17.7. The van der Waals surface area contributed by atoms with Crippen molar-refractivity contribution >= 4 is 11.4 Å². The van der Waals surface area contributed by atoms with Crippen LogP contribution in [0, 0.1) is 0 Å². The number of benzene rings is 2. The molecule has 2 aromatic carbocycles. The van der Waals surface area contributed by atoms with Gasteiger partial charge >= 0.3 is 0 Å². The fourth-order valence-corrected chi connectivity index (χ4v) is 3.82. The third-order valence-electron chi connectivity index (χ3n) is 5.69. The molecular formula is C24H28N4O2. The van der Waals surface area contributed by atoms with Gasteiger partial charge in [0.05, 0.1) is 18.5 Å². The van der Waals surface area contributed by atoms with E-state index in [9.17, 15) is 4.79 Å². The van der Waals surface area contributed by atoms with E-state index < -0.39 is 0 Å². The highest BCUT2D eigenvalue weighted by atomic mass is 16.5. The van der Waals surface area contributed by atoms with Gasteiger partial charge in [-0.05, 0) is 56.2 Å². The molecule has 0 radical (unpaired) electrons. The van der Waals surface area contributed by atoms with Crippen molar-refractivity contribution < 1.29 is 4.74 Å². The highest BCUT2D eigenvalue weighted by molar-refractivity contribution is 5.66. The van der Waals surface area contributed by atoms with E-state index in [1.165, 1.54) is 17.5 Å². The average molecular weight is 405 g/mol. The Morgan fingerprint density at radius 1 is 1.03 bits per heavy atom. The van der Waals surface area contributed by atoms with Crippen LogP contribution in [0.15, 0.2) is 59.4 Å². The smallest absolute Gasteiger partial charge is 0.295 e. The van der Waals surface area contributed by atoms with Gasteiger partial charge in [-0.15, -0.1) is 0 Å². The third-order valence-corrected chi connectivity index (χ3v) is 5.69. The molecule has 4 rings (SSSR count). The van der Waals surface area contributed by atoms with E-state index in [-0.39, 0.29) is 5.56 Å².